The molecule has 206 valence electrons. The number of halogens is 1. The van der Waals surface area contributed by atoms with Crippen molar-refractivity contribution in [2.24, 2.45) is 5.92 Å². The number of carbonyl (C=O) groups is 1. The summed E-state index contributed by atoms with van der Waals surface area (Å²) in [6.07, 6.45) is 2.17. The van der Waals surface area contributed by atoms with Gasteiger partial charge in [0.1, 0.15) is 0 Å². The predicted molar refractivity (Wildman–Crippen MR) is 155 cm³/mol. The van der Waals surface area contributed by atoms with Crippen LogP contribution in [0.15, 0.2) is 48.0 Å². The van der Waals surface area contributed by atoms with Gasteiger partial charge in [0.05, 0.1) is 17.3 Å². The number of thiophene rings is 1. The van der Waals surface area contributed by atoms with Gasteiger partial charge in [-0.05, 0) is 72.7 Å². The third-order valence-corrected chi connectivity index (χ3v) is 8.04. The molecule has 0 saturated heterocycles. The number of nitrogens with zero attached hydrogens (tertiary/aromatic N) is 1. The molecule has 3 aromatic rings. The van der Waals surface area contributed by atoms with Crippen LogP contribution in [0.25, 0.3) is 21.6 Å². The molecule has 3 rings (SSSR count). The molecule has 0 radical (unpaired) electrons. The standard InChI is InChI=1S/C27H35ClN4O4S2/c1-17(2)11-26(33)30-36-16-27(5,6)25-13-19(9-10-29-25)20-12-24(37-15-20)22-8-7-21(14-23(22)28)32-38(34,35)31-18(3)4/h7-10,12-15,17-18,31-32H,11,16H2,1-6H3,(H,30,33). The number of benzene rings is 1. The van der Waals surface area contributed by atoms with Crippen LogP contribution in [0.2, 0.25) is 5.02 Å². The first-order valence-corrected chi connectivity index (χ1v) is 15.1. The smallest absolute Gasteiger partial charge is 0.273 e. The largest absolute Gasteiger partial charge is 0.299 e. The SMILES string of the molecule is CC(C)CC(=O)NOCC(C)(C)c1cc(-c2csc(-c3ccc(NS(=O)(=O)NC(C)C)cc3Cl)c2)ccn1. The Morgan fingerprint density at radius 3 is 2.50 bits per heavy atom. The molecule has 8 nitrogen and oxygen atoms in total. The monoisotopic (exact) mass is 578 g/mol. The zero-order chi connectivity index (χ0) is 28.1. The summed E-state index contributed by atoms with van der Waals surface area (Å²) in [7, 11) is -3.68. The topological polar surface area (TPSA) is 109 Å². The van der Waals surface area contributed by atoms with Gasteiger partial charge >= 0.3 is 0 Å². The molecule has 0 aliphatic rings. The Hall–Kier alpha value is -2.50. The Morgan fingerprint density at radius 2 is 1.84 bits per heavy atom. The summed E-state index contributed by atoms with van der Waals surface area (Å²) in [4.78, 5) is 22.9. The van der Waals surface area contributed by atoms with Crippen LogP contribution in [-0.2, 0) is 25.3 Å². The zero-order valence-electron chi connectivity index (χ0n) is 22.5. The van der Waals surface area contributed by atoms with E-state index in [2.05, 4.69) is 19.9 Å². The number of hydrogen-bond donors (Lipinski definition) is 3. The molecule has 0 spiro atoms. The molecule has 11 heteroatoms. The Morgan fingerprint density at radius 1 is 1.11 bits per heavy atom. The normalized spacial score (nSPS) is 12.2. The summed E-state index contributed by atoms with van der Waals surface area (Å²) in [5.41, 5.74) is 6.12. The van der Waals surface area contributed by atoms with Gasteiger partial charge < -0.3 is 0 Å². The van der Waals surface area contributed by atoms with E-state index < -0.39 is 15.6 Å². The van der Waals surface area contributed by atoms with Crippen molar-refractivity contribution < 1.29 is 18.0 Å². The second kappa shape index (κ2) is 12.6. The minimum absolute atomic E-state index is 0.139. The van der Waals surface area contributed by atoms with E-state index in [9.17, 15) is 13.2 Å². The zero-order valence-corrected chi connectivity index (χ0v) is 24.9. The summed E-state index contributed by atoms with van der Waals surface area (Å²) < 4.78 is 29.3. The Labute approximate surface area is 234 Å². The maximum atomic E-state index is 12.2. The molecule has 2 heterocycles. The summed E-state index contributed by atoms with van der Waals surface area (Å²) in [6, 6.07) is 10.9. The Balaban J connectivity index is 1.73. The van der Waals surface area contributed by atoms with E-state index in [1.165, 1.54) is 0 Å². The predicted octanol–water partition coefficient (Wildman–Crippen LogP) is 6.16. The number of anilines is 1. The number of hydrogen-bond acceptors (Lipinski definition) is 6. The van der Waals surface area contributed by atoms with Gasteiger partial charge in [0.2, 0.25) is 5.91 Å². The van der Waals surface area contributed by atoms with E-state index in [-0.39, 0.29) is 24.5 Å². The minimum Gasteiger partial charge on any atom is -0.273 e. The van der Waals surface area contributed by atoms with Gasteiger partial charge in [0.25, 0.3) is 10.2 Å². The van der Waals surface area contributed by atoms with Crippen molar-refractivity contribution in [3.05, 3.63) is 58.7 Å². The summed E-state index contributed by atoms with van der Waals surface area (Å²) in [5, 5.41) is 2.49. The number of amides is 1. The lowest BCUT2D eigenvalue weighted by Crippen LogP contribution is -2.35. The summed E-state index contributed by atoms with van der Waals surface area (Å²) >= 11 is 8.08. The van der Waals surface area contributed by atoms with E-state index in [0.717, 1.165) is 27.3 Å². The second-order valence-corrected chi connectivity index (χ2v) is 13.3. The molecule has 3 N–H and O–H groups in total. The van der Waals surface area contributed by atoms with Crippen LogP contribution in [0.3, 0.4) is 0 Å². The van der Waals surface area contributed by atoms with E-state index in [1.807, 2.05) is 51.3 Å². The molecule has 0 aliphatic heterocycles. The fourth-order valence-electron chi connectivity index (χ4n) is 3.67. The average molecular weight is 579 g/mol. The Kier molecular flexibility index (Phi) is 9.94. The van der Waals surface area contributed by atoms with E-state index in [4.69, 9.17) is 16.4 Å². The van der Waals surface area contributed by atoms with Gasteiger partial charge in [-0.1, -0.05) is 39.3 Å². The van der Waals surface area contributed by atoms with Crippen LogP contribution >= 0.6 is 22.9 Å². The molecular formula is C27H35ClN4O4S2. The lowest BCUT2D eigenvalue weighted by atomic mass is 9.88. The van der Waals surface area contributed by atoms with Gasteiger partial charge in [0.15, 0.2) is 0 Å². The molecule has 1 aromatic carbocycles. The summed E-state index contributed by atoms with van der Waals surface area (Å²) in [5.74, 6) is 0.118. The highest BCUT2D eigenvalue weighted by molar-refractivity contribution is 7.90. The Bertz CT molecular complexity index is 1370. The van der Waals surface area contributed by atoms with Gasteiger partial charge in [-0.25, -0.2) is 5.48 Å². The van der Waals surface area contributed by atoms with Crippen molar-refractivity contribution in [2.45, 2.75) is 59.4 Å². The highest BCUT2D eigenvalue weighted by Gasteiger charge is 2.24. The first-order chi connectivity index (χ1) is 17.8. The van der Waals surface area contributed by atoms with Crippen molar-refractivity contribution >= 4 is 44.7 Å². The summed E-state index contributed by atoms with van der Waals surface area (Å²) in [6.45, 7) is 11.8. The first-order valence-electron chi connectivity index (χ1n) is 12.3. The third kappa shape index (κ3) is 8.51. The number of carbonyl (C=O) groups excluding carboxylic acids is 1. The van der Waals surface area contributed by atoms with Crippen LogP contribution in [0.4, 0.5) is 5.69 Å². The van der Waals surface area contributed by atoms with Gasteiger partial charge in [0, 0.05) is 40.2 Å². The van der Waals surface area contributed by atoms with Gasteiger partial charge in [-0.2, -0.15) is 13.1 Å². The molecule has 0 aliphatic carbocycles. The van der Waals surface area contributed by atoms with Crippen LogP contribution < -0.4 is 14.9 Å². The van der Waals surface area contributed by atoms with Crippen molar-refractivity contribution in [1.29, 1.82) is 0 Å². The van der Waals surface area contributed by atoms with Crippen molar-refractivity contribution in [1.82, 2.24) is 15.2 Å². The fourth-order valence-corrected chi connectivity index (χ4v) is 6.08. The quantitative estimate of drug-likeness (QED) is 0.223. The molecule has 0 saturated carbocycles. The molecule has 1 amide bonds. The second-order valence-electron chi connectivity index (χ2n) is 10.5. The maximum Gasteiger partial charge on any atom is 0.299 e. The van der Waals surface area contributed by atoms with E-state index in [0.29, 0.717) is 17.1 Å². The number of aromatic nitrogens is 1. The van der Waals surface area contributed by atoms with Crippen LogP contribution in [0.1, 0.15) is 53.7 Å². The lowest BCUT2D eigenvalue weighted by molar-refractivity contribution is -0.135. The lowest BCUT2D eigenvalue weighted by Gasteiger charge is -2.24. The molecular weight excluding hydrogens is 544 g/mol. The molecule has 0 fully saturated rings. The van der Waals surface area contributed by atoms with Crippen LogP contribution in [-0.4, -0.2) is 32.0 Å². The molecule has 0 unspecified atom stereocenters. The maximum absolute atomic E-state index is 12.2. The minimum atomic E-state index is -3.68. The van der Waals surface area contributed by atoms with Gasteiger partial charge in [-0.15, -0.1) is 11.3 Å². The molecule has 2 aromatic heterocycles. The van der Waals surface area contributed by atoms with Crippen molar-refractivity contribution in [2.75, 3.05) is 11.3 Å². The third-order valence-electron chi connectivity index (χ3n) is 5.48. The number of pyridine rings is 1. The first kappa shape index (κ1) is 30.0. The van der Waals surface area contributed by atoms with Gasteiger partial charge in [-0.3, -0.25) is 19.3 Å². The van der Waals surface area contributed by atoms with Crippen molar-refractivity contribution in [3.8, 4) is 21.6 Å². The van der Waals surface area contributed by atoms with E-state index >= 15 is 0 Å². The number of nitrogens with one attached hydrogen (secondary N) is 3. The number of hydroxylamine groups is 1. The average Bonchev–Trinajstić information content (AvgIpc) is 3.27. The molecule has 0 bridgehead atoms. The van der Waals surface area contributed by atoms with Crippen LogP contribution in [0.5, 0.6) is 0 Å². The molecule has 0 atom stereocenters. The van der Waals surface area contributed by atoms with E-state index in [1.54, 1.807) is 49.6 Å². The number of rotatable bonds is 12. The van der Waals surface area contributed by atoms with Crippen molar-refractivity contribution in [3.63, 3.8) is 0 Å². The fraction of sp³-hybridized carbons (Fsp3) is 0.407. The van der Waals surface area contributed by atoms with Crippen LogP contribution in [0, 0.1) is 5.92 Å². The molecule has 38 heavy (non-hydrogen) atoms. The highest BCUT2D eigenvalue weighted by Crippen LogP contribution is 2.38. The highest BCUT2D eigenvalue weighted by atomic mass is 35.5.